The molecule has 178 valence electrons. The maximum absolute atomic E-state index is 14.5. The van der Waals surface area contributed by atoms with Gasteiger partial charge in [-0.1, -0.05) is 48.5 Å². The van der Waals surface area contributed by atoms with Crippen molar-refractivity contribution >= 4 is 23.6 Å². The summed E-state index contributed by atoms with van der Waals surface area (Å²) >= 11 is 1.25. The number of likely N-dealkylation sites (tertiary alicyclic amines) is 1. The van der Waals surface area contributed by atoms with Crippen LogP contribution in [0.5, 0.6) is 0 Å². The molecule has 0 unspecified atom stereocenters. The normalized spacial score (nSPS) is 14.1. The van der Waals surface area contributed by atoms with Crippen molar-refractivity contribution in [1.82, 2.24) is 25.0 Å². The number of hydrogen-bond donors (Lipinski definition) is 1. The number of hydrogen-bond acceptors (Lipinski definition) is 5. The molecule has 0 bridgehead atoms. The molecule has 1 fully saturated rings. The van der Waals surface area contributed by atoms with Crippen LogP contribution in [0.4, 0.5) is 4.39 Å². The molecule has 34 heavy (non-hydrogen) atoms. The molecule has 1 N–H and O–H groups in total. The minimum Gasteiger partial charge on any atom is -0.355 e. The Bertz CT molecular complexity index is 1120. The average Bonchev–Trinajstić information content (AvgIpc) is 3.17. The molecule has 1 aliphatic heterocycles. The van der Waals surface area contributed by atoms with Gasteiger partial charge in [-0.15, -0.1) is 10.2 Å². The molecule has 1 saturated heterocycles. The van der Waals surface area contributed by atoms with E-state index in [-0.39, 0.29) is 23.4 Å². The van der Waals surface area contributed by atoms with E-state index in [2.05, 4.69) is 15.5 Å². The number of nitrogens with zero attached hydrogens (tertiary/aromatic N) is 4. The lowest BCUT2D eigenvalue weighted by Gasteiger charge is -2.20. The van der Waals surface area contributed by atoms with Crippen LogP contribution in [0.15, 0.2) is 59.8 Å². The Morgan fingerprint density at radius 1 is 1.03 bits per heavy atom. The molecule has 2 amide bonds. The molecule has 0 radical (unpaired) electrons. The van der Waals surface area contributed by atoms with E-state index in [4.69, 9.17) is 0 Å². The van der Waals surface area contributed by atoms with E-state index >= 15 is 0 Å². The van der Waals surface area contributed by atoms with E-state index in [1.165, 1.54) is 17.8 Å². The summed E-state index contributed by atoms with van der Waals surface area (Å²) < 4.78 is 16.2. The molecule has 0 atom stereocenters. The largest absolute Gasteiger partial charge is 0.355 e. The van der Waals surface area contributed by atoms with E-state index < -0.39 is 0 Å². The summed E-state index contributed by atoms with van der Waals surface area (Å²) in [6.07, 6.45) is 4.46. The molecule has 1 aliphatic rings. The van der Waals surface area contributed by atoms with Crippen molar-refractivity contribution in [3.8, 4) is 17.1 Å². The van der Waals surface area contributed by atoms with Gasteiger partial charge < -0.3 is 10.2 Å². The van der Waals surface area contributed by atoms with Crippen LogP contribution in [0.25, 0.3) is 17.1 Å². The molecule has 0 spiro atoms. The first kappa shape index (κ1) is 23.9. The highest BCUT2D eigenvalue weighted by molar-refractivity contribution is 7.99. The third kappa shape index (κ3) is 6.02. The van der Waals surface area contributed by atoms with Crippen molar-refractivity contribution in [1.29, 1.82) is 0 Å². The highest BCUT2D eigenvalue weighted by Gasteiger charge is 2.19. The third-order valence-corrected chi connectivity index (χ3v) is 6.62. The van der Waals surface area contributed by atoms with Crippen LogP contribution in [0, 0.1) is 5.82 Å². The lowest BCUT2D eigenvalue weighted by atomic mass is 10.2. The van der Waals surface area contributed by atoms with Gasteiger partial charge in [-0.25, -0.2) is 4.39 Å². The minimum absolute atomic E-state index is 0.123. The molecule has 3 aromatic rings. The quantitative estimate of drug-likeness (QED) is 0.368. The molecule has 0 aliphatic carbocycles. The van der Waals surface area contributed by atoms with E-state index in [9.17, 15) is 14.0 Å². The van der Waals surface area contributed by atoms with Crippen molar-refractivity contribution in [2.24, 2.45) is 0 Å². The predicted molar refractivity (Wildman–Crippen MR) is 130 cm³/mol. The standard InChI is InChI=1S/C25H28FN5O2S/c26-21-13-7-6-12-20(21)24-28-29-25(31(24)19-10-3-1-4-11-19)34-18-22(32)27-15-9-17-30-16-8-2-5-14-23(30)33/h1,3-4,6-7,10-13H,2,5,8-9,14-18H2,(H,27,32). The van der Waals surface area contributed by atoms with Gasteiger partial charge in [-0.3, -0.25) is 14.2 Å². The minimum atomic E-state index is -0.385. The summed E-state index contributed by atoms with van der Waals surface area (Å²) in [4.78, 5) is 26.4. The zero-order valence-corrected chi connectivity index (χ0v) is 19.8. The molecule has 0 saturated carbocycles. The molecule has 2 aromatic carbocycles. The number of benzene rings is 2. The molecule has 7 nitrogen and oxygen atoms in total. The molecular weight excluding hydrogens is 453 g/mol. The number of carbonyl (C=O) groups excluding carboxylic acids is 2. The molecule has 4 rings (SSSR count). The van der Waals surface area contributed by atoms with E-state index in [0.29, 0.717) is 36.1 Å². The zero-order chi connectivity index (χ0) is 23.8. The summed E-state index contributed by atoms with van der Waals surface area (Å²) in [5.74, 6) is 0.247. The van der Waals surface area contributed by atoms with Gasteiger partial charge in [0.2, 0.25) is 11.8 Å². The molecule has 1 aromatic heterocycles. The van der Waals surface area contributed by atoms with Gasteiger partial charge in [0.25, 0.3) is 0 Å². The second kappa shape index (κ2) is 11.8. The van der Waals surface area contributed by atoms with E-state index in [1.807, 2.05) is 35.2 Å². The second-order valence-electron chi connectivity index (χ2n) is 8.14. The molecule has 2 heterocycles. The Morgan fingerprint density at radius 2 is 1.82 bits per heavy atom. The summed E-state index contributed by atoms with van der Waals surface area (Å²) in [6, 6.07) is 15.9. The average molecular weight is 482 g/mol. The molecule has 9 heteroatoms. The number of amides is 2. The van der Waals surface area contributed by atoms with Gasteiger partial charge in [-0.2, -0.15) is 0 Å². The maximum atomic E-state index is 14.5. The van der Waals surface area contributed by atoms with Crippen molar-refractivity contribution in [2.45, 2.75) is 37.3 Å². The number of halogens is 1. The Morgan fingerprint density at radius 3 is 2.65 bits per heavy atom. The fourth-order valence-corrected chi connectivity index (χ4v) is 4.73. The van der Waals surface area contributed by atoms with Gasteiger partial charge >= 0.3 is 0 Å². The highest BCUT2D eigenvalue weighted by Crippen LogP contribution is 2.29. The van der Waals surface area contributed by atoms with Gasteiger partial charge in [0.05, 0.1) is 11.3 Å². The lowest BCUT2D eigenvalue weighted by Crippen LogP contribution is -2.34. The van der Waals surface area contributed by atoms with Gasteiger partial charge in [0.15, 0.2) is 11.0 Å². The number of aromatic nitrogens is 3. The summed E-state index contributed by atoms with van der Waals surface area (Å²) in [5.41, 5.74) is 1.13. The first-order valence-electron chi connectivity index (χ1n) is 11.6. The monoisotopic (exact) mass is 481 g/mol. The Balaban J connectivity index is 1.37. The second-order valence-corrected chi connectivity index (χ2v) is 9.08. The highest BCUT2D eigenvalue weighted by atomic mass is 32.2. The first-order chi connectivity index (χ1) is 16.6. The SMILES string of the molecule is O=C(CSc1nnc(-c2ccccc2F)n1-c1ccccc1)NCCCN1CCCCCC1=O. The first-order valence-corrected chi connectivity index (χ1v) is 12.5. The van der Waals surface area contributed by atoms with Gasteiger partial charge in [0, 0.05) is 31.7 Å². The molecular formula is C25H28FN5O2S. The van der Waals surface area contributed by atoms with Crippen LogP contribution >= 0.6 is 11.8 Å². The summed E-state index contributed by atoms with van der Waals surface area (Å²) in [7, 11) is 0. The van der Waals surface area contributed by atoms with Crippen LogP contribution in [-0.4, -0.2) is 56.9 Å². The number of para-hydroxylation sites is 1. The van der Waals surface area contributed by atoms with Crippen LogP contribution < -0.4 is 5.32 Å². The zero-order valence-electron chi connectivity index (χ0n) is 19.0. The number of rotatable bonds is 9. The van der Waals surface area contributed by atoms with E-state index in [0.717, 1.165) is 37.9 Å². The van der Waals surface area contributed by atoms with Crippen molar-refractivity contribution in [2.75, 3.05) is 25.4 Å². The number of carbonyl (C=O) groups is 2. The van der Waals surface area contributed by atoms with Crippen molar-refractivity contribution in [3.05, 3.63) is 60.4 Å². The number of nitrogens with one attached hydrogen (secondary N) is 1. The van der Waals surface area contributed by atoms with Gasteiger partial charge in [0.1, 0.15) is 5.82 Å². The van der Waals surface area contributed by atoms with Gasteiger partial charge in [-0.05, 0) is 43.5 Å². The Labute approximate surface area is 202 Å². The van der Waals surface area contributed by atoms with Crippen molar-refractivity contribution < 1.29 is 14.0 Å². The van der Waals surface area contributed by atoms with Crippen molar-refractivity contribution in [3.63, 3.8) is 0 Å². The van der Waals surface area contributed by atoms with Crippen LogP contribution in [0.2, 0.25) is 0 Å². The third-order valence-electron chi connectivity index (χ3n) is 5.69. The van der Waals surface area contributed by atoms with Crippen LogP contribution in [0.3, 0.4) is 0 Å². The van der Waals surface area contributed by atoms with Crippen LogP contribution in [-0.2, 0) is 9.59 Å². The fraction of sp³-hybridized carbons (Fsp3) is 0.360. The Kier molecular flexibility index (Phi) is 8.30. The smallest absolute Gasteiger partial charge is 0.230 e. The fourth-order valence-electron chi connectivity index (χ4n) is 3.94. The lowest BCUT2D eigenvalue weighted by molar-refractivity contribution is -0.130. The van der Waals surface area contributed by atoms with Crippen LogP contribution in [0.1, 0.15) is 32.1 Å². The summed E-state index contributed by atoms with van der Waals surface area (Å²) in [5, 5.41) is 11.9. The number of thioether (sulfide) groups is 1. The predicted octanol–water partition coefficient (Wildman–Crippen LogP) is 4.07. The van der Waals surface area contributed by atoms with E-state index in [1.54, 1.807) is 22.8 Å². The maximum Gasteiger partial charge on any atom is 0.230 e. The summed E-state index contributed by atoms with van der Waals surface area (Å²) in [6.45, 7) is 1.98. The topological polar surface area (TPSA) is 80.1 Å². The Hall–Kier alpha value is -3.20.